The summed E-state index contributed by atoms with van der Waals surface area (Å²) in [7, 11) is 1.71. The van der Waals surface area contributed by atoms with Crippen LogP contribution in [0.2, 0.25) is 0 Å². The number of carbonyl (C=O) groups excluding carboxylic acids is 2. The summed E-state index contributed by atoms with van der Waals surface area (Å²) >= 11 is 0. The van der Waals surface area contributed by atoms with E-state index in [1.54, 1.807) is 34.8 Å². The molecule has 0 bridgehead atoms. The zero-order chi connectivity index (χ0) is 22.1. The molecule has 10 nitrogen and oxygen atoms in total. The van der Waals surface area contributed by atoms with E-state index in [4.69, 9.17) is 4.74 Å². The smallest absolute Gasteiger partial charge is 0.274 e. The molecule has 4 aromatic rings. The lowest BCUT2D eigenvalue weighted by atomic mass is 10.1. The minimum atomic E-state index is -0.464. The zero-order valence-electron chi connectivity index (χ0n) is 17.4. The van der Waals surface area contributed by atoms with Gasteiger partial charge in [-0.2, -0.15) is 5.10 Å². The number of likely N-dealkylation sites (N-methyl/N-ethyl adjacent to an activating group) is 1. The fourth-order valence-electron chi connectivity index (χ4n) is 3.67. The lowest BCUT2D eigenvalue weighted by Gasteiger charge is -2.22. The van der Waals surface area contributed by atoms with Crippen molar-refractivity contribution in [3.05, 3.63) is 66.1 Å². The highest BCUT2D eigenvalue weighted by Crippen LogP contribution is 2.19. The highest BCUT2D eigenvalue weighted by atomic mass is 16.5. The standard InChI is InChI=1S/C22H21N7O3/c1-28(16-8-10-32-13-16)22(31)17-12-23-26-19(17)21(30)24-15-7-9-29-18(11-15)25-20(27-29)14-5-3-2-4-6-14/h2-7,9,11-12,16H,8,10,13H2,1H3,(H,23,26)(H,24,30)/t16-/m0/s1. The third-order valence-electron chi connectivity index (χ3n) is 5.50. The summed E-state index contributed by atoms with van der Waals surface area (Å²) in [6.45, 7) is 1.11. The lowest BCUT2D eigenvalue weighted by Crippen LogP contribution is -2.38. The normalized spacial score (nSPS) is 15.7. The number of fused-ring (bicyclic) bond motifs is 1. The van der Waals surface area contributed by atoms with Crippen LogP contribution in [-0.2, 0) is 4.74 Å². The fraction of sp³-hybridized carbons (Fsp3) is 0.227. The van der Waals surface area contributed by atoms with E-state index >= 15 is 0 Å². The number of H-pyrrole nitrogens is 1. The number of ether oxygens (including phenoxy) is 1. The second-order valence-electron chi connectivity index (χ2n) is 7.57. The molecule has 3 aromatic heterocycles. The van der Waals surface area contributed by atoms with Crippen molar-refractivity contribution in [2.45, 2.75) is 12.5 Å². The van der Waals surface area contributed by atoms with Crippen molar-refractivity contribution in [3.63, 3.8) is 0 Å². The maximum absolute atomic E-state index is 12.9. The largest absolute Gasteiger partial charge is 0.379 e. The first-order chi connectivity index (χ1) is 15.6. The van der Waals surface area contributed by atoms with E-state index in [0.717, 1.165) is 12.0 Å². The summed E-state index contributed by atoms with van der Waals surface area (Å²) in [5.41, 5.74) is 2.33. The number of nitrogens with zero attached hydrogens (tertiary/aromatic N) is 5. The molecule has 32 heavy (non-hydrogen) atoms. The molecule has 1 saturated heterocycles. The van der Waals surface area contributed by atoms with Gasteiger partial charge in [0.15, 0.2) is 11.5 Å². The molecule has 162 valence electrons. The Labute approximate surface area is 183 Å². The number of carbonyl (C=O) groups is 2. The Hall–Kier alpha value is -4.05. The average Bonchev–Trinajstić information content (AvgIpc) is 3.58. The number of rotatable bonds is 5. The van der Waals surface area contributed by atoms with Gasteiger partial charge in [0.1, 0.15) is 5.69 Å². The Balaban J connectivity index is 1.35. The predicted octanol–water partition coefficient (Wildman–Crippen LogP) is 2.23. The van der Waals surface area contributed by atoms with Crippen LogP contribution in [0.3, 0.4) is 0 Å². The topological polar surface area (TPSA) is 118 Å². The van der Waals surface area contributed by atoms with Gasteiger partial charge in [0.05, 0.1) is 24.4 Å². The zero-order valence-corrected chi connectivity index (χ0v) is 17.4. The molecule has 5 rings (SSSR count). The van der Waals surface area contributed by atoms with Crippen molar-refractivity contribution in [1.82, 2.24) is 29.7 Å². The molecule has 0 radical (unpaired) electrons. The van der Waals surface area contributed by atoms with E-state index in [2.05, 4.69) is 25.6 Å². The molecule has 1 fully saturated rings. The van der Waals surface area contributed by atoms with E-state index in [1.807, 2.05) is 30.3 Å². The van der Waals surface area contributed by atoms with Crippen molar-refractivity contribution in [2.75, 3.05) is 25.6 Å². The predicted molar refractivity (Wildman–Crippen MR) is 116 cm³/mol. The molecule has 0 saturated carbocycles. The quantitative estimate of drug-likeness (QED) is 0.500. The molecular weight excluding hydrogens is 410 g/mol. The maximum Gasteiger partial charge on any atom is 0.274 e. The van der Waals surface area contributed by atoms with E-state index in [9.17, 15) is 9.59 Å². The molecular formula is C22H21N7O3. The molecule has 4 heterocycles. The summed E-state index contributed by atoms with van der Waals surface area (Å²) in [6.07, 6.45) is 3.86. The number of hydrogen-bond acceptors (Lipinski definition) is 6. The van der Waals surface area contributed by atoms with Gasteiger partial charge in [-0.1, -0.05) is 30.3 Å². The first kappa shape index (κ1) is 19.9. The van der Waals surface area contributed by atoms with Gasteiger partial charge in [-0.25, -0.2) is 9.50 Å². The molecule has 0 aliphatic carbocycles. The number of hydrogen-bond donors (Lipinski definition) is 2. The Morgan fingerprint density at radius 3 is 2.88 bits per heavy atom. The van der Waals surface area contributed by atoms with Gasteiger partial charge in [0, 0.05) is 37.2 Å². The molecule has 1 atom stereocenters. The molecule has 2 amide bonds. The third-order valence-corrected chi connectivity index (χ3v) is 5.50. The van der Waals surface area contributed by atoms with E-state index in [-0.39, 0.29) is 23.2 Å². The van der Waals surface area contributed by atoms with Crippen molar-refractivity contribution >= 4 is 23.1 Å². The summed E-state index contributed by atoms with van der Waals surface area (Å²) in [5, 5.41) is 13.8. The van der Waals surface area contributed by atoms with Crippen LogP contribution >= 0.6 is 0 Å². The molecule has 0 spiro atoms. The van der Waals surface area contributed by atoms with Gasteiger partial charge in [-0.05, 0) is 12.5 Å². The molecule has 1 aliphatic heterocycles. The lowest BCUT2D eigenvalue weighted by molar-refractivity contribution is 0.0707. The van der Waals surface area contributed by atoms with Crippen LogP contribution in [0.4, 0.5) is 5.69 Å². The molecule has 1 aliphatic rings. The summed E-state index contributed by atoms with van der Waals surface area (Å²) in [4.78, 5) is 31.9. The number of amides is 2. The maximum atomic E-state index is 12.9. The number of benzene rings is 1. The van der Waals surface area contributed by atoms with Gasteiger partial charge in [0.25, 0.3) is 11.8 Å². The Kier molecular flexibility index (Phi) is 5.12. The fourth-order valence-corrected chi connectivity index (χ4v) is 3.67. The molecule has 0 unspecified atom stereocenters. The van der Waals surface area contributed by atoms with Crippen LogP contribution in [0.15, 0.2) is 54.9 Å². The van der Waals surface area contributed by atoms with Crippen molar-refractivity contribution < 1.29 is 14.3 Å². The van der Waals surface area contributed by atoms with Crippen LogP contribution < -0.4 is 5.32 Å². The number of aromatic nitrogens is 5. The minimum Gasteiger partial charge on any atom is -0.379 e. The Morgan fingerprint density at radius 1 is 1.25 bits per heavy atom. The van der Waals surface area contributed by atoms with Crippen LogP contribution in [0.5, 0.6) is 0 Å². The molecule has 10 heteroatoms. The average molecular weight is 431 g/mol. The number of pyridine rings is 1. The Morgan fingerprint density at radius 2 is 2.09 bits per heavy atom. The van der Waals surface area contributed by atoms with Gasteiger partial charge in [0.2, 0.25) is 0 Å². The summed E-state index contributed by atoms with van der Waals surface area (Å²) in [5.74, 6) is -0.150. The summed E-state index contributed by atoms with van der Waals surface area (Å²) in [6, 6.07) is 13.1. The number of anilines is 1. The number of nitrogens with one attached hydrogen (secondary N) is 2. The van der Waals surface area contributed by atoms with Crippen molar-refractivity contribution in [1.29, 1.82) is 0 Å². The van der Waals surface area contributed by atoms with E-state index in [1.165, 1.54) is 6.20 Å². The Bertz CT molecular complexity index is 1280. The van der Waals surface area contributed by atoms with E-state index < -0.39 is 5.91 Å². The highest BCUT2D eigenvalue weighted by Gasteiger charge is 2.28. The summed E-state index contributed by atoms with van der Waals surface area (Å²) < 4.78 is 7.00. The third kappa shape index (κ3) is 3.71. The van der Waals surface area contributed by atoms with Crippen LogP contribution in [0.1, 0.15) is 27.3 Å². The van der Waals surface area contributed by atoms with Crippen molar-refractivity contribution in [3.8, 4) is 11.4 Å². The van der Waals surface area contributed by atoms with Gasteiger partial charge < -0.3 is 15.0 Å². The second kappa shape index (κ2) is 8.23. The minimum absolute atomic E-state index is 0.0116. The van der Waals surface area contributed by atoms with Gasteiger partial charge in [-0.15, -0.1) is 5.10 Å². The SMILES string of the molecule is CN(C(=O)c1cn[nH]c1C(=O)Nc1ccn2nc(-c3ccccc3)nc2c1)[C@H]1CCOC1. The first-order valence-corrected chi connectivity index (χ1v) is 10.2. The number of aromatic amines is 1. The molecule has 1 aromatic carbocycles. The van der Waals surface area contributed by atoms with Gasteiger partial charge in [-0.3, -0.25) is 14.7 Å². The van der Waals surface area contributed by atoms with Gasteiger partial charge >= 0.3 is 0 Å². The monoisotopic (exact) mass is 431 g/mol. The highest BCUT2D eigenvalue weighted by molar-refractivity contribution is 6.10. The first-order valence-electron chi connectivity index (χ1n) is 10.2. The molecule has 2 N–H and O–H groups in total. The van der Waals surface area contributed by atoms with E-state index in [0.29, 0.717) is 30.4 Å². The van der Waals surface area contributed by atoms with Crippen LogP contribution in [0, 0.1) is 0 Å². The second-order valence-corrected chi connectivity index (χ2v) is 7.57. The van der Waals surface area contributed by atoms with Crippen LogP contribution in [-0.4, -0.2) is 67.8 Å². The van der Waals surface area contributed by atoms with Crippen molar-refractivity contribution in [2.24, 2.45) is 0 Å². The van der Waals surface area contributed by atoms with Crippen LogP contribution in [0.25, 0.3) is 17.0 Å².